The van der Waals surface area contributed by atoms with Crippen LogP contribution in [0.3, 0.4) is 0 Å². The van der Waals surface area contributed by atoms with Crippen molar-refractivity contribution in [3.63, 3.8) is 0 Å². The second kappa shape index (κ2) is 4.42. The predicted octanol–water partition coefficient (Wildman–Crippen LogP) is 0.398. The highest BCUT2D eigenvalue weighted by Gasteiger charge is 2.20. The molecule has 80 valence electrons. The summed E-state index contributed by atoms with van der Waals surface area (Å²) >= 11 is 0. The predicted molar refractivity (Wildman–Crippen MR) is 57.0 cm³/mol. The molecule has 1 aromatic rings. The van der Waals surface area contributed by atoms with Crippen LogP contribution < -0.4 is 5.46 Å². The normalized spacial score (nSPS) is 10.5. The number of rotatable bonds is 3. The van der Waals surface area contributed by atoms with E-state index in [0.29, 0.717) is 5.56 Å². The zero-order valence-corrected chi connectivity index (χ0v) is 8.54. The Hall–Kier alpha value is -1.40. The highest BCUT2D eigenvalue weighted by Crippen LogP contribution is 2.24. The second-order valence-corrected chi connectivity index (χ2v) is 3.60. The molecule has 6 heteroatoms. The van der Waals surface area contributed by atoms with Gasteiger partial charge in [0.05, 0.1) is 4.92 Å². The van der Waals surface area contributed by atoms with E-state index in [1.165, 1.54) is 12.1 Å². The summed E-state index contributed by atoms with van der Waals surface area (Å²) in [4.78, 5) is 10.2. The van der Waals surface area contributed by atoms with Crippen LogP contribution in [0.4, 0.5) is 5.69 Å². The SMILES string of the molecule is CC(C)c1ccc(B(O)O)cc1[N+](=O)[O-]. The molecular weight excluding hydrogens is 197 g/mol. The summed E-state index contributed by atoms with van der Waals surface area (Å²) in [5.74, 6) is 0.0234. The summed E-state index contributed by atoms with van der Waals surface area (Å²) in [5, 5.41) is 28.5. The Labute approximate surface area is 87.7 Å². The molecule has 2 N–H and O–H groups in total. The maximum absolute atomic E-state index is 10.7. The molecule has 0 spiro atoms. The first-order valence-electron chi connectivity index (χ1n) is 4.58. The Morgan fingerprint density at radius 1 is 1.40 bits per heavy atom. The summed E-state index contributed by atoms with van der Waals surface area (Å²) in [6.45, 7) is 3.69. The largest absolute Gasteiger partial charge is 0.488 e. The molecule has 0 saturated carbocycles. The fourth-order valence-electron chi connectivity index (χ4n) is 1.37. The van der Waals surface area contributed by atoms with Crippen molar-refractivity contribution in [1.29, 1.82) is 0 Å². The van der Waals surface area contributed by atoms with Crippen molar-refractivity contribution in [2.24, 2.45) is 0 Å². The molecule has 0 aromatic heterocycles. The molecule has 0 fully saturated rings. The monoisotopic (exact) mass is 209 g/mol. The number of hydrogen-bond donors (Lipinski definition) is 2. The van der Waals surface area contributed by atoms with E-state index in [1.807, 2.05) is 13.8 Å². The van der Waals surface area contributed by atoms with Crippen molar-refractivity contribution in [2.45, 2.75) is 19.8 Å². The van der Waals surface area contributed by atoms with Gasteiger partial charge in [-0.3, -0.25) is 10.1 Å². The Balaban J connectivity index is 3.27. The van der Waals surface area contributed by atoms with E-state index in [4.69, 9.17) is 10.0 Å². The number of nitro benzene ring substituents is 1. The Kier molecular flexibility index (Phi) is 3.44. The minimum absolute atomic E-state index is 0.0234. The molecular formula is C9H12BNO4. The maximum atomic E-state index is 10.7. The van der Waals surface area contributed by atoms with Gasteiger partial charge in [-0.1, -0.05) is 26.0 Å². The number of nitrogens with zero attached hydrogens (tertiary/aromatic N) is 1. The van der Waals surface area contributed by atoms with Crippen LogP contribution in [0.25, 0.3) is 0 Å². The van der Waals surface area contributed by atoms with Crippen LogP contribution in [0.15, 0.2) is 18.2 Å². The zero-order valence-electron chi connectivity index (χ0n) is 8.54. The van der Waals surface area contributed by atoms with E-state index in [9.17, 15) is 10.1 Å². The van der Waals surface area contributed by atoms with Crippen LogP contribution in [0.5, 0.6) is 0 Å². The number of nitro groups is 1. The van der Waals surface area contributed by atoms with Crippen molar-refractivity contribution >= 4 is 18.3 Å². The van der Waals surface area contributed by atoms with E-state index >= 15 is 0 Å². The molecule has 0 aliphatic rings. The van der Waals surface area contributed by atoms with Gasteiger partial charge in [0, 0.05) is 11.6 Å². The van der Waals surface area contributed by atoms with Gasteiger partial charge in [0.2, 0.25) is 0 Å². The van der Waals surface area contributed by atoms with Gasteiger partial charge < -0.3 is 10.0 Å². The Morgan fingerprint density at radius 2 is 2.00 bits per heavy atom. The Morgan fingerprint density at radius 3 is 2.40 bits per heavy atom. The lowest BCUT2D eigenvalue weighted by atomic mass is 9.79. The third-order valence-electron chi connectivity index (χ3n) is 2.17. The van der Waals surface area contributed by atoms with Crippen molar-refractivity contribution in [3.8, 4) is 0 Å². The molecule has 0 saturated heterocycles. The van der Waals surface area contributed by atoms with E-state index in [1.54, 1.807) is 6.07 Å². The fourth-order valence-corrected chi connectivity index (χ4v) is 1.37. The molecule has 0 radical (unpaired) electrons. The van der Waals surface area contributed by atoms with Gasteiger partial charge in [0.15, 0.2) is 0 Å². The lowest BCUT2D eigenvalue weighted by molar-refractivity contribution is -0.385. The molecule has 0 amide bonds. The lowest BCUT2D eigenvalue weighted by Crippen LogP contribution is -2.30. The summed E-state index contributed by atoms with van der Waals surface area (Å²) in [5.41, 5.74) is 0.645. The third-order valence-corrected chi connectivity index (χ3v) is 2.17. The van der Waals surface area contributed by atoms with Gasteiger partial charge in [0.25, 0.3) is 5.69 Å². The number of hydrogen-bond acceptors (Lipinski definition) is 4. The van der Waals surface area contributed by atoms with Gasteiger partial charge in [-0.2, -0.15) is 0 Å². The van der Waals surface area contributed by atoms with E-state index in [0.717, 1.165) is 0 Å². The van der Waals surface area contributed by atoms with Gasteiger partial charge in [-0.05, 0) is 11.4 Å². The van der Waals surface area contributed by atoms with Crippen LogP contribution in [0, 0.1) is 10.1 Å². The summed E-state index contributed by atoms with van der Waals surface area (Å²) in [6.07, 6.45) is 0. The summed E-state index contributed by atoms with van der Waals surface area (Å²) in [6, 6.07) is 4.23. The zero-order chi connectivity index (χ0) is 11.6. The average Bonchev–Trinajstić information content (AvgIpc) is 2.16. The molecule has 0 heterocycles. The second-order valence-electron chi connectivity index (χ2n) is 3.60. The first kappa shape index (κ1) is 11.7. The van der Waals surface area contributed by atoms with Crippen LogP contribution in [-0.4, -0.2) is 22.1 Å². The summed E-state index contributed by atoms with van der Waals surface area (Å²) in [7, 11) is -1.68. The molecule has 5 nitrogen and oxygen atoms in total. The number of benzene rings is 1. The molecule has 0 aliphatic carbocycles. The van der Waals surface area contributed by atoms with Crippen LogP contribution in [0.1, 0.15) is 25.3 Å². The topological polar surface area (TPSA) is 83.6 Å². The fraction of sp³-hybridized carbons (Fsp3) is 0.333. The average molecular weight is 209 g/mol. The first-order chi connectivity index (χ1) is 6.93. The van der Waals surface area contributed by atoms with Crippen molar-refractivity contribution < 1.29 is 15.0 Å². The molecule has 0 aliphatic heterocycles. The smallest absolute Gasteiger partial charge is 0.423 e. The van der Waals surface area contributed by atoms with Gasteiger partial charge in [0.1, 0.15) is 0 Å². The molecule has 15 heavy (non-hydrogen) atoms. The first-order valence-corrected chi connectivity index (χ1v) is 4.58. The van der Waals surface area contributed by atoms with Crippen LogP contribution in [0.2, 0.25) is 0 Å². The minimum atomic E-state index is -1.68. The van der Waals surface area contributed by atoms with E-state index in [-0.39, 0.29) is 17.1 Å². The van der Waals surface area contributed by atoms with Crippen molar-refractivity contribution in [3.05, 3.63) is 33.9 Å². The highest BCUT2D eigenvalue weighted by atomic mass is 16.6. The van der Waals surface area contributed by atoms with Crippen molar-refractivity contribution in [1.82, 2.24) is 0 Å². The molecule has 1 aromatic carbocycles. The minimum Gasteiger partial charge on any atom is -0.423 e. The molecule has 0 unspecified atom stereocenters. The quantitative estimate of drug-likeness (QED) is 0.428. The maximum Gasteiger partial charge on any atom is 0.488 e. The lowest BCUT2D eigenvalue weighted by Gasteiger charge is -2.07. The summed E-state index contributed by atoms with van der Waals surface area (Å²) < 4.78 is 0. The Bertz CT molecular complexity index is 378. The van der Waals surface area contributed by atoms with Crippen molar-refractivity contribution in [2.75, 3.05) is 0 Å². The van der Waals surface area contributed by atoms with Crippen LogP contribution >= 0.6 is 0 Å². The van der Waals surface area contributed by atoms with Gasteiger partial charge in [-0.15, -0.1) is 0 Å². The third kappa shape index (κ3) is 2.54. The van der Waals surface area contributed by atoms with Gasteiger partial charge in [-0.25, -0.2) is 0 Å². The van der Waals surface area contributed by atoms with Gasteiger partial charge >= 0.3 is 7.12 Å². The molecule has 0 atom stereocenters. The van der Waals surface area contributed by atoms with Crippen LogP contribution in [-0.2, 0) is 0 Å². The highest BCUT2D eigenvalue weighted by molar-refractivity contribution is 6.58. The molecule has 1 rings (SSSR count). The van der Waals surface area contributed by atoms with E-state index < -0.39 is 12.0 Å². The standard InChI is InChI=1S/C9H12BNO4/c1-6(2)8-4-3-7(10(12)13)5-9(8)11(14)15/h3-6,12-13H,1-2H3. The molecule has 0 bridgehead atoms. The van der Waals surface area contributed by atoms with E-state index in [2.05, 4.69) is 0 Å².